The van der Waals surface area contributed by atoms with Crippen molar-refractivity contribution >= 4 is 33.9 Å². The molecule has 0 fully saturated rings. The maximum Gasteiger partial charge on any atom is 0.419 e. The van der Waals surface area contributed by atoms with Crippen LogP contribution in [0.25, 0.3) is 21.8 Å². The van der Waals surface area contributed by atoms with Crippen LogP contribution in [0.2, 0.25) is 0 Å². The van der Waals surface area contributed by atoms with E-state index in [-0.39, 0.29) is 18.9 Å². The first kappa shape index (κ1) is 25.5. The fourth-order valence-corrected chi connectivity index (χ4v) is 3.65. The van der Waals surface area contributed by atoms with Crippen molar-refractivity contribution in [3.63, 3.8) is 0 Å². The molecule has 0 unspecified atom stereocenters. The summed E-state index contributed by atoms with van der Waals surface area (Å²) in [6, 6.07) is 5.49. The van der Waals surface area contributed by atoms with Crippen LogP contribution >= 0.6 is 0 Å². The summed E-state index contributed by atoms with van der Waals surface area (Å²) < 4.78 is 23.7. The summed E-state index contributed by atoms with van der Waals surface area (Å²) in [6.45, 7) is 8.74. The Labute approximate surface area is 199 Å². The number of aromatic nitrogens is 2. The molecule has 1 aromatic carbocycles. The predicted molar refractivity (Wildman–Crippen MR) is 130 cm³/mol. The molecule has 3 rings (SSSR count). The Morgan fingerprint density at radius 1 is 1.15 bits per heavy atom. The summed E-state index contributed by atoms with van der Waals surface area (Å²) in [6.07, 6.45) is 0.958. The first-order chi connectivity index (χ1) is 16.1. The highest BCUT2D eigenvalue weighted by molar-refractivity contribution is 6.15. The molecule has 0 aliphatic rings. The van der Waals surface area contributed by atoms with Crippen molar-refractivity contribution in [2.75, 3.05) is 41.0 Å². The number of fused-ring (bicyclic) bond motifs is 3. The fraction of sp³-hybridized carbons (Fsp3) is 0.480. The summed E-state index contributed by atoms with van der Waals surface area (Å²) in [5, 5.41) is 1.39. The van der Waals surface area contributed by atoms with E-state index in [1.165, 1.54) is 17.9 Å². The Balaban J connectivity index is 2.29. The van der Waals surface area contributed by atoms with E-state index in [0.717, 1.165) is 11.9 Å². The molecule has 184 valence electrons. The van der Waals surface area contributed by atoms with Crippen LogP contribution in [-0.4, -0.2) is 73.1 Å². The zero-order valence-corrected chi connectivity index (χ0v) is 20.9. The summed E-state index contributed by atoms with van der Waals surface area (Å²) in [5.74, 6) is 0.100. The highest BCUT2D eigenvalue weighted by Crippen LogP contribution is 2.36. The molecule has 9 nitrogen and oxygen atoms in total. The van der Waals surface area contributed by atoms with Crippen LogP contribution < -0.4 is 4.74 Å². The van der Waals surface area contributed by atoms with Crippen molar-refractivity contribution in [3.8, 4) is 5.75 Å². The highest BCUT2D eigenvalue weighted by Gasteiger charge is 2.27. The number of rotatable bonds is 8. The molecule has 2 aromatic heterocycles. The van der Waals surface area contributed by atoms with Crippen LogP contribution in [0.3, 0.4) is 0 Å². The molecule has 0 aliphatic heterocycles. The van der Waals surface area contributed by atoms with Crippen molar-refractivity contribution < 1.29 is 28.5 Å². The molecular formula is C25H33N3O6. The maximum atomic E-state index is 13.2. The first-order valence-electron chi connectivity index (χ1n) is 11.2. The Morgan fingerprint density at radius 2 is 1.88 bits per heavy atom. The van der Waals surface area contributed by atoms with Crippen LogP contribution in [0.1, 0.15) is 43.7 Å². The lowest BCUT2D eigenvalue weighted by Gasteiger charge is -2.20. The molecule has 0 N–H and O–H groups in total. The number of hydrogen-bond donors (Lipinski definition) is 0. The largest absolute Gasteiger partial charge is 0.492 e. The molecule has 0 saturated heterocycles. The van der Waals surface area contributed by atoms with Gasteiger partial charge >= 0.3 is 12.1 Å². The van der Waals surface area contributed by atoms with Gasteiger partial charge in [0.2, 0.25) is 0 Å². The molecule has 0 spiro atoms. The van der Waals surface area contributed by atoms with Gasteiger partial charge in [0.25, 0.3) is 0 Å². The molecule has 0 atom stereocenters. The van der Waals surface area contributed by atoms with Crippen molar-refractivity contribution in [1.82, 2.24) is 14.5 Å². The topological polar surface area (TPSA) is 92.1 Å². The van der Waals surface area contributed by atoms with Crippen molar-refractivity contribution in [1.29, 1.82) is 0 Å². The lowest BCUT2D eigenvalue weighted by atomic mass is 10.1. The van der Waals surface area contributed by atoms with E-state index in [9.17, 15) is 9.59 Å². The van der Waals surface area contributed by atoms with Gasteiger partial charge < -0.3 is 23.8 Å². The Kier molecular flexibility index (Phi) is 7.78. The third-order valence-corrected chi connectivity index (χ3v) is 5.02. The molecule has 0 saturated carbocycles. The number of pyridine rings is 1. The summed E-state index contributed by atoms with van der Waals surface area (Å²) in [5.41, 5.74) is 1.12. The zero-order valence-electron chi connectivity index (χ0n) is 20.9. The lowest BCUT2D eigenvalue weighted by Crippen LogP contribution is -2.27. The second-order valence-electron chi connectivity index (χ2n) is 9.15. The van der Waals surface area contributed by atoms with E-state index in [2.05, 4.69) is 4.98 Å². The number of ether oxygens (including phenoxy) is 4. The molecule has 3 aromatic rings. The Morgan fingerprint density at radius 3 is 2.50 bits per heavy atom. The summed E-state index contributed by atoms with van der Waals surface area (Å²) >= 11 is 0. The predicted octanol–water partition coefficient (Wildman–Crippen LogP) is 4.24. The van der Waals surface area contributed by atoms with Crippen molar-refractivity contribution in [2.45, 2.75) is 39.9 Å². The van der Waals surface area contributed by atoms with Gasteiger partial charge in [-0.15, -0.1) is 0 Å². The quantitative estimate of drug-likeness (QED) is 0.451. The van der Waals surface area contributed by atoms with Gasteiger partial charge in [-0.2, -0.15) is 0 Å². The summed E-state index contributed by atoms with van der Waals surface area (Å²) in [7, 11) is 5.49. The van der Waals surface area contributed by atoms with Crippen molar-refractivity contribution in [2.24, 2.45) is 0 Å². The van der Waals surface area contributed by atoms with Crippen molar-refractivity contribution in [3.05, 3.63) is 35.7 Å². The number of nitrogens with zero attached hydrogens (tertiary/aromatic N) is 3. The maximum absolute atomic E-state index is 13.2. The van der Waals surface area contributed by atoms with E-state index in [1.807, 2.05) is 58.0 Å². The van der Waals surface area contributed by atoms with Gasteiger partial charge in [-0.05, 0) is 60.0 Å². The minimum atomic E-state index is -0.692. The highest BCUT2D eigenvalue weighted by atomic mass is 16.6. The van der Waals surface area contributed by atoms with Gasteiger partial charge in [-0.1, -0.05) is 0 Å². The third-order valence-electron chi connectivity index (χ3n) is 5.02. The monoisotopic (exact) mass is 471 g/mol. The first-order valence-corrected chi connectivity index (χ1v) is 11.2. The van der Waals surface area contributed by atoms with Gasteiger partial charge in [0.15, 0.2) is 5.69 Å². The smallest absolute Gasteiger partial charge is 0.419 e. The molecule has 34 heavy (non-hydrogen) atoms. The number of carbonyl (C=O) groups is 2. The minimum Gasteiger partial charge on any atom is -0.492 e. The van der Waals surface area contributed by atoms with E-state index in [0.29, 0.717) is 34.3 Å². The molecule has 9 heteroatoms. The van der Waals surface area contributed by atoms with Crippen LogP contribution in [0.15, 0.2) is 24.4 Å². The molecule has 0 amide bonds. The van der Waals surface area contributed by atoms with Crippen LogP contribution in [0.5, 0.6) is 5.75 Å². The molecular weight excluding hydrogens is 438 g/mol. The Bertz CT molecular complexity index is 1190. The third kappa shape index (κ3) is 5.48. The SMILES string of the molecule is CCOC(=O)c1ncc2c(c1COC)c1cc(OCCN(C)C)ccc1n2C(=O)OC(C)(C)C. The molecule has 0 radical (unpaired) electrons. The van der Waals surface area contributed by atoms with Crippen LogP contribution in [-0.2, 0) is 20.8 Å². The average molecular weight is 472 g/mol. The normalized spacial score (nSPS) is 11.9. The molecule has 0 aliphatic carbocycles. The number of methoxy groups -OCH3 is 1. The summed E-state index contributed by atoms with van der Waals surface area (Å²) in [4.78, 5) is 32.3. The van der Waals surface area contributed by atoms with Crippen LogP contribution in [0.4, 0.5) is 4.79 Å². The second kappa shape index (κ2) is 10.4. The number of hydrogen-bond acceptors (Lipinski definition) is 8. The minimum absolute atomic E-state index is 0.109. The number of carbonyl (C=O) groups excluding carboxylic acids is 2. The van der Waals surface area contributed by atoms with Gasteiger partial charge in [0.1, 0.15) is 18.0 Å². The van der Waals surface area contributed by atoms with E-state index in [1.54, 1.807) is 6.92 Å². The molecule has 2 heterocycles. The number of benzene rings is 1. The zero-order chi connectivity index (χ0) is 25.0. The van der Waals surface area contributed by atoms with E-state index >= 15 is 0 Å². The van der Waals surface area contributed by atoms with Crippen LogP contribution in [0, 0.1) is 0 Å². The second-order valence-corrected chi connectivity index (χ2v) is 9.15. The Hall–Kier alpha value is -3.17. The number of esters is 1. The standard InChI is InChI=1S/C25H33N3O6/c1-8-32-23(29)22-18(15-31-7)21-17-13-16(33-12-11-27(5)6)9-10-19(17)28(20(21)14-26-22)24(30)34-25(2,3)4/h9-10,13-14H,8,11-12,15H2,1-7H3. The average Bonchev–Trinajstić information content (AvgIpc) is 3.07. The van der Waals surface area contributed by atoms with Gasteiger partial charge in [0.05, 0.1) is 30.4 Å². The lowest BCUT2D eigenvalue weighted by molar-refractivity contribution is 0.0513. The van der Waals surface area contributed by atoms with Gasteiger partial charge in [-0.3, -0.25) is 0 Å². The van der Waals surface area contributed by atoms with Gasteiger partial charge in [0, 0.05) is 30.0 Å². The van der Waals surface area contributed by atoms with E-state index < -0.39 is 17.7 Å². The number of likely N-dealkylation sites (N-methyl/N-ethyl adjacent to an activating group) is 1. The van der Waals surface area contributed by atoms with Gasteiger partial charge in [-0.25, -0.2) is 19.1 Å². The van der Waals surface area contributed by atoms with E-state index in [4.69, 9.17) is 18.9 Å². The molecule has 0 bridgehead atoms. The fourth-order valence-electron chi connectivity index (χ4n) is 3.65.